The molecule has 1 aromatic rings. The molecule has 0 aromatic carbocycles. The number of hydrogen-bond acceptors (Lipinski definition) is 5. The Morgan fingerprint density at radius 3 is 3.09 bits per heavy atom. The van der Waals surface area contributed by atoms with Gasteiger partial charge in [0.2, 0.25) is 10.0 Å². The van der Waals surface area contributed by atoms with Crippen LogP contribution in [0.15, 0.2) is 24.4 Å². The molecule has 0 radical (unpaired) electrons. The quantitative estimate of drug-likeness (QED) is 0.831. The molecule has 3 heterocycles. The highest BCUT2D eigenvalue weighted by molar-refractivity contribution is 7.88. The molecule has 2 fully saturated rings. The van der Waals surface area contributed by atoms with Crippen LogP contribution < -0.4 is 0 Å². The lowest BCUT2D eigenvalue weighted by Crippen LogP contribution is -2.49. The molecule has 0 bridgehead atoms. The highest BCUT2D eigenvalue weighted by atomic mass is 32.2. The monoisotopic (exact) mass is 326 g/mol. The van der Waals surface area contributed by atoms with Crippen LogP contribution in [-0.4, -0.2) is 55.4 Å². The van der Waals surface area contributed by atoms with Gasteiger partial charge in [-0.2, -0.15) is 4.31 Å². The normalized spacial score (nSPS) is 30.0. The van der Waals surface area contributed by atoms with E-state index >= 15 is 0 Å². The fourth-order valence-electron chi connectivity index (χ4n) is 3.22. The third kappa shape index (κ3) is 3.65. The lowest BCUT2D eigenvalue weighted by Gasteiger charge is -2.38. The molecule has 0 N–H and O–H groups in total. The van der Waals surface area contributed by atoms with Crippen LogP contribution in [0.1, 0.15) is 25.0 Å². The maximum absolute atomic E-state index is 11.7. The van der Waals surface area contributed by atoms with E-state index in [0.29, 0.717) is 26.3 Å². The van der Waals surface area contributed by atoms with E-state index in [4.69, 9.17) is 9.47 Å². The molecule has 2 aliphatic heterocycles. The van der Waals surface area contributed by atoms with Crippen molar-refractivity contribution in [2.45, 2.75) is 37.6 Å². The Kier molecular flexibility index (Phi) is 4.49. The van der Waals surface area contributed by atoms with E-state index in [1.807, 2.05) is 18.2 Å². The van der Waals surface area contributed by atoms with Crippen LogP contribution in [0.5, 0.6) is 0 Å². The molecule has 1 spiro atoms. The number of pyridine rings is 1. The van der Waals surface area contributed by atoms with Crippen molar-refractivity contribution in [1.29, 1.82) is 0 Å². The fourth-order valence-corrected chi connectivity index (χ4v) is 4.15. The number of aromatic nitrogens is 1. The van der Waals surface area contributed by atoms with Crippen molar-refractivity contribution in [3.8, 4) is 0 Å². The standard InChI is InChI=1S/C15H22N2O4S/c1-22(18,19)17-8-4-6-15(12-17)9-14(11-21-15)20-10-13-5-2-3-7-16-13/h2-3,5,7,14H,4,6,8-12H2,1H3/t14-,15-/m0/s1. The predicted molar refractivity (Wildman–Crippen MR) is 81.8 cm³/mol. The molecule has 2 aliphatic rings. The molecule has 1 aromatic heterocycles. The first-order chi connectivity index (χ1) is 10.5. The Morgan fingerprint density at radius 2 is 2.36 bits per heavy atom. The Bertz CT molecular complexity index is 607. The first kappa shape index (κ1) is 15.9. The van der Waals surface area contributed by atoms with Gasteiger partial charge in [0.05, 0.1) is 36.9 Å². The van der Waals surface area contributed by atoms with Gasteiger partial charge in [0, 0.05) is 25.7 Å². The van der Waals surface area contributed by atoms with Crippen LogP contribution in [0, 0.1) is 0 Å². The van der Waals surface area contributed by atoms with Crippen LogP contribution in [0.2, 0.25) is 0 Å². The van der Waals surface area contributed by atoms with E-state index in [2.05, 4.69) is 4.98 Å². The largest absolute Gasteiger partial charge is 0.371 e. The average molecular weight is 326 g/mol. The first-order valence-electron chi connectivity index (χ1n) is 7.57. The van der Waals surface area contributed by atoms with Crippen LogP contribution in [0.3, 0.4) is 0 Å². The van der Waals surface area contributed by atoms with E-state index in [1.54, 1.807) is 6.20 Å². The summed E-state index contributed by atoms with van der Waals surface area (Å²) >= 11 is 0. The number of ether oxygens (including phenoxy) is 2. The van der Waals surface area contributed by atoms with E-state index in [9.17, 15) is 8.42 Å². The summed E-state index contributed by atoms with van der Waals surface area (Å²) in [5.41, 5.74) is 0.515. The highest BCUT2D eigenvalue weighted by Gasteiger charge is 2.45. The molecule has 122 valence electrons. The summed E-state index contributed by atoms with van der Waals surface area (Å²) in [5.74, 6) is 0. The topological polar surface area (TPSA) is 68.7 Å². The molecular weight excluding hydrogens is 304 g/mol. The number of piperidine rings is 1. The second-order valence-electron chi connectivity index (χ2n) is 6.15. The fraction of sp³-hybridized carbons (Fsp3) is 0.667. The summed E-state index contributed by atoms with van der Waals surface area (Å²) in [6, 6.07) is 5.74. The molecule has 0 aliphatic carbocycles. The van der Waals surface area contributed by atoms with Crippen molar-refractivity contribution in [1.82, 2.24) is 9.29 Å². The van der Waals surface area contributed by atoms with Crippen LogP contribution in [-0.2, 0) is 26.1 Å². The molecule has 7 heteroatoms. The summed E-state index contributed by atoms with van der Waals surface area (Å²) in [6.45, 7) is 2.00. The van der Waals surface area contributed by atoms with Gasteiger partial charge >= 0.3 is 0 Å². The molecular formula is C15H22N2O4S. The molecule has 6 nitrogen and oxygen atoms in total. The number of hydrogen-bond donors (Lipinski definition) is 0. The van der Waals surface area contributed by atoms with Gasteiger partial charge < -0.3 is 9.47 Å². The molecule has 2 atom stereocenters. The van der Waals surface area contributed by atoms with Crippen molar-refractivity contribution in [2.75, 3.05) is 26.0 Å². The minimum atomic E-state index is -3.16. The van der Waals surface area contributed by atoms with Crippen molar-refractivity contribution in [3.63, 3.8) is 0 Å². The Morgan fingerprint density at radius 1 is 1.50 bits per heavy atom. The summed E-state index contributed by atoms with van der Waals surface area (Å²) < 4.78 is 36.9. The van der Waals surface area contributed by atoms with E-state index < -0.39 is 10.0 Å². The van der Waals surface area contributed by atoms with Gasteiger partial charge in [-0.15, -0.1) is 0 Å². The number of rotatable bonds is 4. The minimum absolute atomic E-state index is 0.00140. The number of nitrogens with zero attached hydrogens (tertiary/aromatic N) is 2. The van der Waals surface area contributed by atoms with Crippen LogP contribution in [0.4, 0.5) is 0 Å². The maximum atomic E-state index is 11.7. The minimum Gasteiger partial charge on any atom is -0.371 e. The third-order valence-electron chi connectivity index (χ3n) is 4.34. The molecule has 2 saturated heterocycles. The lowest BCUT2D eigenvalue weighted by molar-refractivity contribution is -0.0359. The average Bonchev–Trinajstić information content (AvgIpc) is 2.88. The van der Waals surface area contributed by atoms with Gasteiger partial charge in [-0.3, -0.25) is 4.98 Å². The maximum Gasteiger partial charge on any atom is 0.211 e. The second kappa shape index (κ2) is 6.23. The van der Waals surface area contributed by atoms with Gasteiger partial charge in [-0.05, 0) is 25.0 Å². The van der Waals surface area contributed by atoms with Gasteiger partial charge in [0.1, 0.15) is 0 Å². The predicted octanol–water partition coefficient (Wildman–Crippen LogP) is 1.18. The van der Waals surface area contributed by atoms with Crippen molar-refractivity contribution >= 4 is 10.0 Å². The first-order valence-corrected chi connectivity index (χ1v) is 9.42. The van der Waals surface area contributed by atoms with E-state index in [0.717, 1.165) is 25.0 Å². The van der Waals surface area contributed by atoms with Gasteiger partial charge in [-0.1, -0.05) is 6.07 Å². The smallest absolute Gasteiger partial charge is 0.211 e. The third-order valence-corrected chi connectivity index (χ3v) is 5.59. The Balaban J connectivity index is 1.57. The number of sulfonamides is 1. The van der Waals surface area contributed by atoms with Crippen molar-refractivity contribution in [3.05, 3.63) is 30.1 Å². The highest BCUT2D eigenvalue weighted by Crippen LogP contribution is 2.36. The van der Waals surface area contributed by atoms with Crippen molar-refractivity contribution < 1.29 is 17.9 Å². The van der Waals surface area contributed by atoms with Crippen LogP contribution in [0.25, 0.3) is 0 Å². The van der Waals surface area contributed by atoms with E-state index in [-0.39, 0.29) is 11.7 Å². The lowest BCUT2D eigenvalue weighted by atomic mass is 9.90. The molecule has 0 amide bonds. The summed E-state index contributed by atoms with van der Waals surface area (Å²) in [5, 5.41) is 0. The Labute approximate surface area is 131 Å². The van der Waals surface area contributed by atoms with Crippen LogP contribution >= 0.6 is 0 Å². The summed E-state index contributed by atoms with van der Waals surface area (Å²) in [6.07, 6.45) is 5.47. The second-order valence-corrected chi connectivity index (χ2v) is 8.13. The zero-order valence-electron chi connectivity index (χ0n) is 12.8. The summed E-state index contributed by atoms with van der Waals surface area (Å²) in [7, 11) is -3.16. The summed E-state index contributed by atoms with van der Waals surface area (Å²) in [4.78, 5) is 4.23. The van der Waals surface area contributed by atoms with Gasteiger partial charge in [0.15, 0.2) is 0 Å². The van der Waals surface area contributed by atoms with E-state index in [1.165, 1.54) is 10.6 Å². The molecule has 22 heavy (non-hydrogen) atoms. The van der Waals surface area contributed by atoms with Crippen molar-refractivity contribution in [2.24, 2.45) is 0 Å². The SMILES string of the molecule is CS(=O)(=O)N1CCC[C@]2(C[C@H](OCc3ccccn3)CO2)C1. The zero-order valence-corrected chi connectivity index (χ0v) is 13.6. The molecule has 3 rings (SSSR count). The van der Waals surface area contributed by atoms with Gasteiger partial charge in [-0.25, -0.2) is 8.42 Å². The van der Waals surface area contributed by atoms with Gasteiger partial charge in [0.25, 0.3) is 0 Å². The molecule has 0 unspecified atom stereocenters. The Hall–Kier alpha value is -1.02. The molecule has 0 saturated carbocycles. The zero-order chi connectivity index (χ0) is 15.6.